The van der Waals surface area contributed by atoms with Gasteiger partial charge in [0.05, 0.1) is 18.7 Å². The van der Waals surface area contributed by atoms with Gasteiger partial charge in [-0.2, -0.15) is 0 Å². The van der Waals surface area contributed by atoms with Crippen LogP contribution in [-0.2, 0) is 9.53 Å². The predicted molar refractivity (Wildman–Crippen MR) is 67.4 cm³/mol. The van der Waals surface area contributed by atoms with E-state index in [1.807, 2.05) is 13.8 Å². The minimum absolute atomic E-state index is 0.00282. The van der Waals surface area contributed by atoms with E-state index >= 15 is 0 Å². The summed E-state index contributed by atoms with van der Waals surface area (Å²) in [6.45, 7) is 4.81. The number of nitrogens with zero attached hydrogens (tertiary/aromatic N) is 1. The minimum Gasteiger partial charge on any atom is -0.508 e. The fourth-order valence-electron chi connectivity index (χ4n) is 1.69. The second-order valence-electron chi connectivity index (χ2n) is 3.85. The number of carbonyl (C=O) groups excluding carboxylic acids is 1. The number of ether oxygens (including phenoxy) is 1. The van der Waals surface area contributed by atoms with Gasteiger partial charge >= 0.3 is 0 Å². The molecule has 0 saturated carbocycles. The number of benzene rings is 1. The number of amides is 1. The molecule has 1 N–H and O–H groups in total. The summed E-state index contributed by atoms with van der Waals surface area (Å²) in [5.41, 5.74) is 1.73. The van der Waals surface area contributed by atoms with Gasteiger partial charge in [-0.1, -0.05) is 6.07 Å². The average Bonchev–Trinajstić information content (AvgIpc) is 2.32. The fourth-order valence-corrected chi connectivity index (χ4v) is 1.69. The number of hydrogen-bond donors (Lipinski definition) is 1. The molecule has 0 radical (unpaired) electrons. The molecule has 1 amide bonds. The number of carbonyl (C=O) groups is 1. The van der Waals surface area contributed by atoms with Crippen LogP contribution in [-0.4, -0.2) is 31.3 Å². The number of rotatable bonds is 5. The van der Waals surface area contributed by atoms with Crippen LogP contribution < -0.4 is 4.90 Å². The van der Waals surface area contributed by atoms with Gasteiger partial charge in [0, 0.05) is 19.7 Å². The van der Waals surface area contributed by atoms with Crippen LogP contribution in [0.4, 0.5) is 5.69 Å². The molecule has 0 spiro atoms. The van der Waals surface area contributed by atoms with Crippen molar-refractivity contribution in [3.05, 3.63) is 23.8 Å². The third-order valence-electron chi connectivity index (χ3n) is 2.62. The third-order valence-corrected chi connectivity index (χ3v) is 2.62. The summed E-state index contributed by atoms with van der Waals surface area (Å²) in [5.74, 6) is 0.173. The predicted octanol–water partition coefficient (Wildman–Crippen LogP) is 2.09. The maximum absolute atomic E-state index is 12.0. The van der Waals surface area contributed by atoms with Gasteiger partial charge in [-0.15, -0.1) is 0 Å². The van der Waals surface area contributed by atoms with E-state index in [-0.39, 0.29) is 11.7 Å². The van der Waals surface area contributed by atoms with Gasteiger partial charge in [-0.3, -0.25) is 4.79 Å². The quantitative estimate of drug-likeness (QED) is 0.853. The molecular formula is C13H19NO3. The van der Waals surface area contributed by atoms with Crippen molar-refractivity contribution in [2.24, 2.45) is 0 Å². The highest BCUT2D eigenvalue weighted by Crippen LogP contribution is 2.25. The van der Waals surface area contributed by atoms with Crippen molar-refractivity contribution in [3.63, 3.8) is 0 Å². The zero-order valence-electron chi connectivity index (χ0n) is 10.6. The number of aryl methyl sites for hydroxylation is 1. The first-order valence-electron chi connectivity index (χ1n) is 5.69. The summed E-state index contributed by atoms with van der Waals surface area (Å²) in [4.78, 5) is 13.6. The van der Waals surface area contributed by atoms with E-state index in [4.69, 9.17) is 4.74 Å². The summed E-state index contributed by atoms with van der Waals surface area (Å²) in [7, 11) is 1.57. The molecule has 17 heavy (non-hydrogen) atoms. The van der Waals surface area contributed by atoms with Gasteiger partial charge in [-0.05, 0) is 25.5 Å². The Morgan fingerprint density at radius 1 is 1.47 bits per heavy atom. The lowest BCUT2D eigenvalue weighted by Crippen LogP contribution is -2.31. The van der Waals surface area contributed by atoms with Crippen LogP contribution >= 0.6 is 0 Å². The summed E-state index contributed by atoms with van der Waals surface area (Å²) in [5, 5.41) is 9.48. The Morgan fingerprint density at radius 2 is 2.18 bits per heavy atom. The van der Waals surface area contributed by atoms with Gasteiger partial charge in [0.15, 0.2) is 0 Å². The zero-order chi connectivity index (χ0) is 12.8. The molecule has 0 heterocycles. The summed E-state index contributed by atoms with van der Waals surface area (Å²) in [6.07, 6.45) is 0.347. The molecule has 0 aliphatic carbocycles. The van der Waals surface area contributed by atoms with Crippen molar-refractivity contribution < 1.29 is 14.6 Å². The summed E-state index contributed by atoms with van der Waals surface area (Å²) in [6, 6.07) is 5.03. The molecule has 1 rings (SSSR count). The molecule has 0 aliphatic rings. The maximum atomic E-state index is 12.0. The van der Waals surface area contributed by atoms with E-state index in [0.29, 0.717) is 19.6 Å². The SMILES string of the molecule is CCN(C(=O)CCOC)c1cc(O)ccc1C. The molecule has 0 saturated heterocycles. The van der Waals surface area contributed by atoms with E-state index < -0.39 is 0 Å². The van der Waals surface area contributed by atoms with Gasteiger partial charge in [0.1, 0.15) is 5.75 Å². The van der Waals surface area contributed by atoms with Crippen molar-refractivity contribution in [3.8, 4) is 5.75 Å². The lowest BCUT2D eigenvalue weighted by Gasteiger charge is -2.23. The zero-order valence-corrected chi connectivity index (χ0v) is 10.6. The van der Waals surface area contributed by atoms with Crippen molar-refractivity contribution in [2.45, 2.75) is 20.3 Å². The number of aromatic hydroxyl groups is 1. The van der Waals surface area contributed by atoms with E-state index in [2.05, 4.69) is 0 Å². The van der Waals surface area contributed by atoms with Gasteiger partial charge in [0.2, 0.25) is 5.91 Å². The highest BCUT2D eigenvalue weighted by atomic mass is 16.5. The number of phenolic OH excluding ortho intramolecular Hbond substituents is 1. The van der Waals surface area contributed by atoms with Crippen molar-refractivity contribution in [2.75, 3.05) is 25.2 Å². The third kappa shape index (κ3) is 3.46. The van der Waals surface area contributed by atoms with Gasteiger partial charge in [0.25, 0.3) is 0 Å². The van der Waals surface area contributed by atoms with Crippen LogP contribution in [0.3, 0.4) is 0 Å². The van der Waals surface area contributed by atoms with Crippen LogP contribution in [0.15, 0.2) is 18.2 Å². The highest BCUT2D eigenvalue weighted by Gasteiger charge is 2.15. The Bertz CT molecular complexity index is 390. The molecule has 0 bridgehead atoms. The second kappa shape index (κ2) is 6.25. The van der Waals surface area contributed by atoms with E-state index in [1.54, 1.807) is 30.2 Å². The largest absolute Gasteiger partial charge is 0.508 e. The lowest BCUT2D eigenvalue weighted by molar-refractivity contribution is -0.119. The molecule has 1 aromatic rings. The monoisotopic (exact) mass is 237 g/mol. The van der Waals surface area contributed by atoms with Crippen LogP contribution in [0.2, 0.25) is 0 Å². The smallest absolute Gasteiger partial charge is 0.229 e. The molecule has 0 fully saturated rings. The number of methoxy groups -OCH3 is 1. The van der Waals surface area contributed by atoms with Crippen molar-refractivity contribution in [1.82, 2.24) is 0 Å². The number of anilines is 1. The van der Waals surface area contributed by atoms with Crippen LogP contribution in [0.1, 0.15) is 18.9 Å². The summed E-state index contributed by atoms with van der Waals surface area (Å²) < 4.78 is 4.90. The van der Waals surface area contributed by atoms with Gasteiger partial charge < -0.3 is 14.7 Å². The molecule has 0 aliphatic heterocycles. The van der Waals surface area contributed by atoms with E-state index in [9.17, 15) is 9.90 Å². The van der Waals surface area contributed by atoms with Crippen molar-refractivity contribution in [1.29, 1.82) is 0 Å². The topological polar surface area (TPSA) is 49.8 Å². The summed E-state index contributed by atoms with van der Waals surface area (Å²) >= 11 is 0. The maximum Gasteiger partial charge on any atom is 0.229 e. The number of hydrogen-bond acceptors (Lipinski definition) is 3. The molecule has 0 atom stereocenters. The van der Waals surface area contributed by atoms with Gasteiger partial charge in [-0.25, -0.2) is 0 Å². The van der Waals surface area contributed by atoms with E-state index in [1.165, 1.54) is 0 Å². The Balaban J connectivity index is 2.92. The Morgan fingerprint density at radius 3 is 2.76 bits per heavy atom. The van der Waals surface area contributed by atoms with Crippen LogP contribution in [0, 0.1) is 6.92 Å². The Hall–Kier alpha value is -1.55. The first-order valence-corrected chi connectivity index (χ1v) is 5.69. The molecule has 0 unspecified atom stereocenters. The van der Waals surface area contributed by atoms with Crippen LogP contribution in [0.25, 0.3) is 0 Å². The molecule has 4 nitrogen and oxygen atoms in total. The number of phenols is 1. The fraction of sp³-hybridized carbons (Fsp3) is 0.462. The molecule has 1 aromatic carbocycles. The Labute approximate surface area is 102 Å². The average molecular weight is 237 g/mol. The minimum atomic E-state index is 0.00282. The molecule has 4 heteroatoms. The van der Waals surface area contributed by atoms with Crippen LogP contribution in [0.5, 0.6) is 5.75 Å². The first kappa shape index (κ1) is 13.5. The highest BCUT2D eigenvalue weighted by molar-refractivity contribution is 5.94. The van der Waals surface area contributed by atoms with Crippen molar-refractivity contribution >= 4 is 11.6 Å². The molecule has 0 aromatic heterocycles. The standard InChI is InChI=1S/C13H19NO3/c1-4-14(13(16)7-8-17-3)12-9-11(15)6-5-10(12)2/h5-6,9,15H,4,7-8H2,1-3H3. The molecule has 94 valence electrons. The van der Waals surface area contributed by atoms with E-state index in [0.717, 1.165) is 11.3 Å². The second-order valence-corrected chi connectivity index (χ2v) is 3.85. The lowest BCUT2D eigenvalue weighted by atomic mass is 10.1. The first-order chi connectivity index (χ1) is 8.10. The Kier molecular flexibility index (Phi) is 4.97. The molecular weight excluding hydrogens is 218 g/mol. The normalized spacial score (nSPS) is 10.3.